The Bertz CT molecular complexity index is 181. The van der Waals surface area contributed by atoms with Gasteiger partial charge < -0.3 is 4.74 Å². The fraction of sp³-hybridized carbons (Fsp3) is 0.545. The Morgan fingerprint density at radius 3 is 2.54 bits per heavy atom. The van der Waals surface area contributed by atoms with Crippen molar-refractivity contribution in [1.82, 2.24) is 0 Å². The standard InChI is InChI=1S/C11H18O2/c1-3-4-5-6-7-8-9-10-13-11(2)12/h4-5,7-8H,3,6,9-10H2,1-2H3/b5-4-,8-7+. The Hall–Kier alpha value is -1.05. The molecule has 0 N–H and O–H groups in total. The monoisotopic (exact) mass is 182 g/mol. The Morgan fingerprint density at radius 1 is 1.23 bits per heavy atom. The molecule has 0 aliphatic carbocycles. The maximum absolute atomic E-state index is 10.4. The van der Waals surface area contributed by atoms with Crippen molar-refractivity contribution >= 4 is 5.97 Å². The topological polar surface area (TPSA) is 26.3 Å². The predicted octanol–water partition coefficient (Wildman–Crippen LogP) is 2.85. The first-order valence-electron chi connectivity index (χ1n) is 4.70. The van der Waals surface area contributed by atoms with Crippen LogP contribution in [0.3, 0.4) is 0 Å². The molecule has 0 fully saturated rings. The van der Waals surface area contributed by atoms with Gasteiger partial charge in [-0.15, -0.1) is 0 Å². The van der Waals surface area contributed by atoms with Crippen molar-refractivity contribution < 1.29 is 9.53 Å². The molecule has 0 amide bonds. The molecule has 0 aromatic rings. The van der Waals surface area contributed by atoms with Crippen molar-refractivity contribution in [3.05, 3.63) is 24.3 Å². The Kier molecular flexibility index (Phi) is 8.31. The lowest BCUT2D eigenvalue weighted by atomic mass is 10.3. The molecule has 13 heavy (non-hydrogen) atoms. The maximum Gasteiger partial charge on any atom is 0.302 e. The SMILES string of the molecule is CC/C=C\C/C=C/CCOC(C)=O. The van der Waals surface area contributed by atoms with Crippen LogP contribution in [-0.4, -0.2) is 12.6 Å². The maximum atomic E-state index is 10.4. The van der Waals surface area contributed by atoms with Gasteiger partial charge >= 0.3 is 5.97 Å². The zero-order chi connectivity index (χ0) is 9.94. The molecule has 0 spiro atoms. The van der Waals surface area contributed by atoms with Crippen LogP contribution in [0.5, 0.6) is 0 Å². The third-order valence-electron chi connectivity index (χ3n) is 1.43. The van der Waals surface area contributed by atoms with Gasteiger partial charge in [-0.1, -0.05) is 31.2 Å². The minimum absolute atomic E-state index is 0.209. The summed E-state index contributed by atoms with van der Waals surface area (Å²) in [5.74, 6) is -0.209. The second-order valence-electron chi connectivity index (χ2n) is 2.72. The number of esters is 1. The molecular weight excluding hydrogens is 164 g/mol. The minimum atomic E-state index is -0.209. The van der Waals surface area contributed by atoms with Crippen LogP contribution < -0.4 is 0 Å². The largest absolute Gasteiger partial charge is 0.466 e. The molecule has 0 atom stereocenters. The fourth-order valence-corrected chi connectivity index (χ4v) is 0.826. The summed E-state index contributed by atoms with van der Waals surface area (Å²) in [5, 5.41) is 0. The molecule has 0 unspecified atom stereocenters. The highest BCUT2D eigenvalue weighted by atomic mass is 16.5. The van der Waals surface area contributed by atoms with E-state index in [0.717, 1.165) is 19.3 Å². The second kappa shape index (κ2) is 9.04. The van der Waals surface area contributed by atoms with E-state index in [-0.39, 0.29) is 5.97 Å². The van der Waals surface area contributed by atoms with Crippen LogP contribution in [0.25, 0.3) is 0 Å². The lowest BCUT2D eigenvalue weighted by molar-refractivity contribution is -0.140. The number of carbonyl (C=O) groups excluding carboxylic acids is 1. The van der Waals surface area contributed by atoms with Crippen LogP contribution in [0.1, 0.15) is 33.1 Å². The first-order valence-corrected chi connectivity index (χ1v) is 4.70. The highest BCUT2D eigenvalue weighted by Gasteiger charge is 1.87. The number of allylic oxidation sites excluding steroid dienone is 3. The van der Waals surface area contributed by atoms with Gasteiger partial charge in [0.05, 0.1) is 6.61 Å². The van der Waals surface area contributed by atoms with E-state index in [1.807, 2.05) is 6.08 Å². The number of hydrogen-bond donors (Lipinski definition) is 0. The van der Waals surface area contributed by atoms with Gasteiger partial charge in [0.15, 0.2) is 0 Å². The van der Waals surface area contributed by atoms with Gasteiger partial charge in [-0.2, -0.15) is 0 Å². The zero-order valence-electron chi connectivity index (χ0n) is 8.45. The summed E-state index contributed by atoms with van der Waals surface area (Å²) in [7, 11) is 0. The van der Waals surface area contributed by atoms with E-state index in [2.05, 4.69) is 25.2 Å². The second-order valence-corrected chi connectivity index (χ2v) is 2.72. The van der Waals surface area contributed by atoms with Crippen LogP contribution in [-0.2, 0) is 9.53 Å². The third-order valence-corrected chi connectivity index (χ3v) is 1.43. The fourth-order valence-electron chi connectivity index (χ4n) is 0.826. The van der Waals surface area contributed by atoms with Crippen LogP contribution in [0.2, 0.25) is 0 Å². The molecule has 0 aromatic heterocycles. The highest BCUT2D eigenvalue weighted by Crippen LogP contribution is 1.91. The van der Waals surface area contributed by atoms with E-state index in [1.54, 1.807) is 0 Å². The Morgan fingerprint density at radius 2 is 1.92 bits per heavy atom. The highest BCUT2D eigenvalue weighted by molar-refractivity contribution is 5.65. The first-order chi connectivity index (χ1) is 6.27. The summed E-state index contributed by atoms with van der Waals surface area (Å²) in [6.45, 7) is 4.03. The normalized spacial score (nSPS) is 11.2. The molecule has 0 heterocycles. The van der Waals surface area contributed by atoms with Crippen LogP contribution in [0.15, 0.2) is 24.3 Å². The molecule has 0 aliphatic rings. The first kappa shape index (κ1) is 11.9. The summed E-state index contributed by atoms with van der Waals surface area (Å²) in [5.41, 5.74) is 0. The Balaban J connectivity index is 3.22. The van der Waals surface area contributed by atoms with Gasteiger partial charge in [0, 0.05) is 6.92 Å². The van der Waals surface area contributed by atoms with E-state index in [0.29, 0.717) is 6.61 Å². The number of ether oxygens (including phenoxy) is 1. The third kappa shape index (κ3) is 10.9. The molecule has 0 rings (SSSR count). The summed E-state index contributed by atoms with van der Waals surface area (Å²) in [6, 6.07) is 0. The van der Waals surface area contributed by atoms with E-state index in [9.17, 15) is 4.79 Å². The molecule has 0 aromatic carbocycles. The van der Waals surface area contributed by atoms with Gasteiger partial charge in [-0.05, 0) is 19.3 Å². The molecule has 0 aliphatic heterocycles. The Labute approximate surface area is 80.3 Å². The quantitative estimate of drug-likeness (QED) is 0.358. The number of rotatable bonds is 6. The van der Waals surface area contributed by atoms with E-state index >= 15 is 0 Å². The number of carbonyl (C=O) groups is 1. The predicted molar refractivity (Wildman–Crippen MR) is 54.4 cm³/mol. The van der Waals surface area contributed by atoms with Crippen LogP contribution >= 0.6 is 0 Å². The molecule has 74 valence electrons. The van der Waals surface area contributed by atoms with Crippen molar-refractivity contribution in [3.63, 3.8) is 0 Å². The van der Waals surface area contributed by atoms with Gasteiger partial charge in [-0.3, -0.25) is 4.79 Å². The molecule has 0 saturated carbocycles. The number of hydrogen-bond acceptors (Lipinski definition) is 2. The van der Waals surface area contributed by atoms with Crippen LogP contribution in [0, 0.1) is 0 Å². The van der Waals surface area contributed by atoms with Gasteiger partial charge in [0.25, 0.3) is 0 Å². The van der Waals surface area contributed by atoms with Crippen molar-refractivity contribution in [2.75, 3.05) is 6.61 Å². The van der Waals surface area contributed by atoms with Gasteiger partial charge in [-0.25, -0.2) is 0 Å². The molecule has 0 saturated heterocycles. The molecule has 2 heteroatoms. The van der Waals surface area contributed by atoms with Crippen LogP contribution in [0.4, 0.5) is 0 Å². The van der Waals surface area contributed by atoms with Crippen molar-refractivity contribution in [3.8, 4) is 0 Å². The summed E-state index contributed by atoms with van der Waals surface area (Å²) in [4.78, 5) is 10.4. The lowest BCUT2D eigenvalue weighted by Crippen LogP contribution is -1.98. The summed E-state index contributed by atoms with van der Waals surface area (Å²) >= 11 is 0. The molecule has 0 bridgehead atoms. The van der Waals surface area contributed by atoms with Crippen molar-refractivity contribution in [2.45, 2.75) is 33.1 Å². The lowest BCUT2D eigenvalue weighted by Gasteiger charge is -1.95. The molecule has 2 nitrogen and oxygen atoms in total. The average Bonchev–Trinajstić information content (AvgIpc) is 2.09. The smallest absolute Gasteiger partial charge is 0.302 e. The van der Waals surface area contributed by atoms with Gasteiger partial charge in [0.2, 0.25) is 0 Å². The van der Waals surface area contributed by atoms with E-state index in [4.69, 9.17) is 4.74 Å². The summed E-state index contributed by atoms with van der Waals surface area (Å²) in [6.07, 6.45) is 11.2. The average molecular weight is 182 g/mol. The van der Waals surface area contributed by atoms with Gasteiger partial charge in [0.1, 0.15) is 0 Å². The van der Waals surface area contributed by atoms with E-state index < -0.39 is 0 Å². The zero-order valence-corrected chi connectivity index (χ0v) is 8.45. The van der Waals surface area contributed by atoms with E-state index in [1.165, 1.54) is 6.92 Å². The molecule has 0 radical (unpaired) electrons. The summed E-state index contributed by atoms with van der Waals surface area (Å²) < 4.78 is 4.76. The molecular formula is C11H18O2. The minimum Gasteiger partial charge on any atom is -0.466 e. The van der Waals surface area contributed by atoms with Crippen molar-refractivity contribution in [2.24, 2.45) is 0 Å². The van der Waals surface area contributed by atoms with Crippen molar-refractivity contribution in [1.29, 1.82) is 0 Å².